The van der Waals surface area contributed by atoms with E-state index in [0.29, 0.717) is 41.4 Å². The summed E-state index contributed by atoms with van der Waals surface area (Å²) in [6, 6.07) is 6.57. The van der Waals surface area contributed by atoms with Crippen LogP contribution in [-0.2, 0) is 16.8 Å². The Bertz CT molecular complexity index is 1190. The number of primary amides is 1. The first-order valence-electron chi connectivity index (χ1n) is 9.71. The van der Waals surface area contributed by atoms with E-state index in [4.69, 9.17) is 10.5 Å². The number of aryl methyl sites for hydroxylation is 1. The van der Waals surface area contributed by atoms with E-state index in [1.165, 1.54) is 24.2 Å². The molecule has 1 aliphatic carbocycles. The summed E-state index contributed by atoms with van der Waals surface area (Å²) in [6.07, 6.45) is 2.46. The fourth-order valence-electron chi connectivity index (χ4n) is 3.42. The Morgan fingerprint density at radius 3 is 2.72 bits per heavy atom. The molecule has 166 valence electrons. The fraction of sp³-hybridized carbons (Fsp3) is 0.300. The molecule has 1 aliphatic rings. The number of benzene rings is 1. The van der Waals surface area contributed by atoms with Crippen LogP contribution in [0.25, 0.3) is 11.4 Å². The number of rotatable bonds is 9. The number of carbonyl (C=O) groups is 2. The van der Waals surface area contributed by atoms with Gasteiger partial charge in [-0.05, 0) is 31.0 Å². The van der Waals surface area contributed by atoms with Gasteiger partial charge in [-0.1, -0.05) is 6.07 Å². The molecule has 0 radical (unpaired) electrons. The minimum Gasteiger partial charge on any atom is -0.494 e. The second-order valence-electron chi connectivity index (χ2n) is 7.27. The predicted molar refractivity (Wildman–Crippen MR) is 110 cm³/mol. The van der Waals surface area contributed by atoms with Crippen molar-refractivity contribution in [2.75, 3.05) is 19.1 Å². The van der Waals surface area contributed by atoms with E-state index in [9.17, 15) is 19.1 Å². The van der Waals surface area contributed by atoms with E-state index in [1.807, 2.05) is 0 Å². The van der Waals surface area contributed by atoms with Crippen LogP contribution in [0.15, 0.2) is 30.6 Å². The Morgan fingerprint density at radius 2 is 2.09 bits per heavy atom. The number of alkyl halides is 1. The third kappa shape index (κ3) is 3.70. The van der Waals surface area contributed by atoms with E-state index in [2.05, 4.69) is 25.6 Å². The molecule has 1 aromatic carbocycles. The lowest BCUT2D eigenvalue weighted by atomic mass is 10.0. The quantitative estimate of drug-likeness (QED) is 0.449. The number of carboxylic acids is 1. The standard InChI is InChI=1S/C20H20FN7O4/c1-32-16-11(17-23-10-28(27-17)8-7-21)3-2-4-12(16)24-13-9-14(20(5-6-20)19(22)31)25-26-15(13)18(29)30/h2-4,9-10H,5-8H2,1H3,(H2,22,31)(H,24,25)(H,29,30). The number of hydrogen-bond acceptors (Lipinski definition) is 8. The van der Waals surface area contributed by atoms with Crippen molar-refractivity contribution in [1.29, 1.82) is 0 Å². The third-order valence-corrected chi connectivity index (χ3v) is 5.29. The number of nitrogens with two attached hydrogens (primary N) is 1. The van der Waals surface area contributed by atoms with Crippen LogP contribution in [0.3, 0.4) is 0 Å². The van der Waals surface area contributed by atoms with Crippen LogP contribution in [0.2, 0.25) is 0 Å². The van der Waals surface area contributed by atoms with Crippen LogP contribution in [-0.4, -0.2) is 55.7 Å². The molecule has 4 N–H and O–H groups in total. The van der Waals surface area contributed by atoms with Gasteiger partial charge < -0.3 is 20.9 Å². The molecule has 32 heavy (non-hydrogen) atoms. The summed E-state index contributed by atoms with van der Waals surface area (Å²) in [5.41, 5.74) is 5.62. The van der Waals surface area contributed by atoms with Crippen molar-refractivity contribution in [3.05, 3.63) is 42.0 Å². The smallest absolute Gasteiger partial charge is 0.358 e. The average molecular weight is 441 g/mol. The molecule has 4 rings (SSSR count). The molecule has 0 spiro atoms. The Labute approximate surface area is 181 Å². The van der Waals surface area contributed by atoms with E-state index in [0.717, 1.165) is 0 Å². The number of nitrogens with zero attached hydrogens (tertiary/aromatic N) is 5. The molecule has 0 saturated heterocycles. The molecule has 2 aromatic heterocycles. The zero-order chi connectivity index (χ0) is 22.9. The molecule has 1 amide bonds. The highest BCUT2D eigenvalue weighted by Gasteiger charge is 2.52. The fourth-order valence-corrected chi connectivity index (χ4v) is 3.42. The van der Waals surface area contributed by atoms with Gasteiger partial charge in [0.25, 0.3) is 0 Å². The van der Waals surface area contributed by atoms with E-state index in [1.54, 1.807) is 18.2 Å². The zero-order valence-corrected chi connectivity index (χ0v) is 17.1. The lowest BCUT2D eigenvalue weighted by molar-refractivity contribution is -0.120. The van der Waals surface area contributed by atoms with Crippen molar-refractivity contribution in [1.82, 2.24) is 25.0 Å². The number of ether oxygens (including phenoxy) is 1. The molecule has 1 saturated carbocycles. The zero-order valence-electron chi connectivity index (χ0n) is 17.1. The summed E-state index contributed by atoms with van der Waals surface area (Å²) in [6.45, 7) is -0.508. The van der Waals surface area contributed by atoms with Gasteiger partial charge in [0.1, 0.15) is 13.0 Å². The van der Waals surface area contributed by atoms with Crippen LogP contribution in [0, 0.1) is 0 Å². The first-order valence-corrected chi connectivity index (χ1v) is 9.71. The SMILES string of the molecule is COc1c(Nc2cc(C3(C(N)=O)CC3)nnc2C(=O)O)cccc1-c1ncn(CCF)n1. The molecule has 2 heterocycles. The molecule has 0 aliphatic heterocycles. The van der Waals surface area contributed by atoms with Crippen molar-refractivity contribution in [3.8, 4) is 17.1 Å². The summed E-state index contributed by atoms with van der Waals surface area (Å²) in [7, 11) is 1.45. The molecular weight excluding hydrogens is 421 g/mol. The van der Waals surface area contributed by atoms with Gasteiger partial charge in [-0.2, -0.15) is 10.2 Å². The summed E-state index contributed by atoms with van der Waals surface area (Å²) in [4.78, 5) is 27.8. The maximum Gasteiger partial charge on any atom is 0.358 e. The number of anilines is 2. The van der Waals surface area contributed by atoms with Crippen LogP contribution < -0.4 is 15.8 Å². The molecule has 0 bridgehead atoms. The largest absolute Gasteiger partial charge is 0.494 e. The van der Waals surface area contributed by atoms with Gasteiger partial charge in [0, 0.05) is 0 Å². The Morgan fingerprint density at radius 1 is 1.31 bits per heavy atom. The number of hydrogen-bond donors (Lipinski definition) is 3. The third-order valence-electron chi connectivity index (χ3n) is 5.29. The number of methoxy groups -OCH3 is 1. The number of nitrogens with one attached hydrogen (secondary N) is 1. The number of para-hydroxylation sites is 1. The van der Waals surface area contributed by atoms with Gasteiger partial charge in [-0.15, -0.1) is 5.10 Å². The summed E-state index contributed by atoms with van der Waals surface area (Å²) < 4.78 is 19.5. The first-order chi connectivity index (χ1) is 15.4. The van der Waals surface area contributed by atoms with Crippen molar-refractivity contribution in [2.24, 2.45) is 5.73 Å². The van der Waals surface area contributed by atoms with Crippen molar-refractivity contribution < 1.29 is 23.8 Å². The van der Waals surface area contributed by atoms with E-state index in [-0.39, 0.29) is 17.9 Å². The summed E-state index contributed by atoms with van der Waals surface area (Å²) in [5.74, 6) is -1.17. The Balaban J connectivity index is 1.75. The van der Waals surface area contributed by atoms with Crippen LogP contribution >= 0.6 is 0 Å². The van der Waals surface area contributed by atoms with Crippen molar-refractivity contribution >= 4 is 23.3 Å². The van der Waals surface area contributed by atoms with Gasteiger partial charge in [0.05, 0.1) is 41.7 Å². The lowest BCUT2D eigenvalue weighted by Gasteiger charge is -2.16. The minimum atomic E-state index is -1.29. The normalized spacial score (nSPS) is 14.1. The monoisotopic (exact) mass is 441 g/mol. The minimum absolute atomic E-state index is 0.0717. The van der Waals surface area contributed by atoms with Crippen molar-refractivity contribution in [3.63, 3.8) is 0 Å². The number of amides is 1. The summed E-state index contributed by atoms with van der Waals surface area (Å²) in [5, 5.41) is 24.5. The average Bonchev–Trinajstić information content (AvgIpc) is 3.47. The molecule has 3 aromatic rings. The molecule has 0 atom stereocenters. The number of aromatic nitrogens is 5. The van der Waals surface area contributed by atoms with Gasteiger partial charge in [0.2, 0.25) is 5.91 Å². The molecular formula is C20H20FN7O4. The maximum absolute atomic E-state index is 12.6. The Hall–Kier alpha value is -4.09. The number of halogens is 1. The second-order valence-corrected chi connectivity index (χ2v) is 7.27. The van der Waals surface area contributed by atoms with Crippen LogP contribution in [0.4, 0.5) is 15.8 Å². The predicted octanol–water partition coefficient (Wildman–Crippen LogP) is 1.67. The van der Waals surface area contributed by atoms with Gasteiger partial charge in [-0.25, -0.2) is 18.9 Å². The highest BCUT2D eigenvalue weighted by Crippen LogP contribution is 2.48. The van der Waals surface area contributed by atoms with Crippen molar-refractivity contribution in [2.45, 2.75) is 24.8 Å². The van der Waals surface area contributed by atoms with E-state index < -0.39 is 24.0 Å². The number of carboxylic acid groups (broad SMARTS) is 1. The highest BCUT2D eigenvalue weighted by molar-refractivity contribution is 5.95. The van der Waals surface area contributed by atoms with Crippen LogP contribution in [0.1, 0.15) is 29.0 Å². The number of carbonyl (C=O) groups excluding carboxylic acids is 1. The number of aromatic carboxylic acids is 1. The van der Waals surface area contributed by atoms with Crippen LogP contribution in [0.5, 0.6) is 5.75 Å². The maximum atomic E-state index is 12.6. The Kier molecular flexibility index (Phi) is 5.43. The van der Waals surface area contributed by atoms with Gasteiger partial charge >= 0.3 is 5.97 Å². The highest BCUT2D eigenvalue weighted by atomic mass is 19.1. The molecule has 0 unspecified atom stereocenters. The molecule has 12 heteroatoms. The van der Waals surface area contributed by atoms with Gasteiger partial charge in [-0.3, -0.25) is 4.79 Å². The second kappa shape index (κ2) is 8.21. The molecule has 11 nitrogen and oxygen atoms in total. The molecule has 1 fully saturated rings. The summed E-state index contributed by atoms with van der Waals surface area (Å²) >= 11 is 0. The first kappa shape index (κ1) is 21.2. The lowest BCUT2D eigenvalue weighted by Crippen LogP contribution is -2.30. The topological polar surface area (TPSA) is 158 Å². The van der Waals surface area contributed by atoms with Gasteiger partial charge in [0.15, 0.2) is 17.3 Å². The van der Waals surface area contributed by atoms with E-state index >= 15 is 0 Å².